The van der Waals surface area contributed by atoms with Crippen LogP contribution in [0.3, 0.4) is 0 Å². The van der Waals surface area contributed by atoms with E-state index in [1.807, 2.05) is 11.8 Å². The summed E-state index contributed by atoms with van der Waals surface area (Å²) in [5.74, 6) is 1.54. The Hall–Kier alpha value is -0.180. The minimum Gasteiger partial charge on any atom is -0.359 e. The molecule has 0 amide bonds. The molecule has 2 nitrogen and oxygen atoms in total. The zero-order valence-electron chi connectivity index (χ0n) is 8.96. The molecule has 1 aliphatic carbocycles. The second kappa shape index (κ2) is 4.56. The first-order valence-corrected chi connectivity index (χ1v) is 6.96. The van der Waals surface area contributed by atoms with Crippen molar-refractivity contribution in [1.82, 2.24) is 4.90 Å². The summed E-state index contributed by atoms with van der Waals surface area (Å²) < 4.78 is 0. The van der Waals surface area contributed by atoms with Crippen LogP contribution in [0.2, 0.25) is 0 Å². The Balaban J connectivity index is 1.86. The van der Waals surface area contributed by atoms with Gasteiger partial charge in [-0.05, 0) is 25.5 Å². The third-order valence-electron chi connectivity index (χ3n) is 3.56. The van der Waals surface area contributed by atoms with E-state index in [1.54, 1.807) is 0 Å². The van der Waals surface area contributed by atoms with Crippen LogP contribution in [0.1, 0.15) is 32.1 Å². The molecule has 1 saturated heterocycles. The van der Waals surface area contributed by atoms with Crippen LogP contribution in [0.25, 0.3) is 0 Å². The Kier molecular flexibility index (Phi) is 3.37. The maximum Gasteiger partial charge on any atom is 0.0989 e. The molecule has 0 aromatic heterocycles. The van der Waals surface area contributed by atoms with Gasteiger partial charge in [0.15, 0.2) is 0 Å². The van der Waals surface area contributed by atoms with Crippen molar-refractivity contribution in [3.63, 3.8) is 0 Å². The molecular formula is C11H20N2S. The van der Waals surface area contributed by atoms with Crippen molar-refractivity contribution in [1.29, 1.82) is 5.41 Å². The van der Waals surface area contributed by atoms with Crippen LogP contribution >= 0.6 is 11.8 Å². The lowest BCUT2D eigenvalue weighted by atomic mass is 10.1. The average molecular weight is 212 g/mol. The molecule has 0 spiro atoms. The third-order valence-corrected chi connectivity index (χ3v) is 4.61. The number of rotatable bonds is 2. The van der Waals surface area contributed by atoms with Crippen LogP contribution in [-0.2, 0) is 0 Å². The molecular weight excluding hydrogens is 192 g/mol. The van der Waals surface area contributed by atoms with Gasteiger partial charge in [0.05, 0.1) is 5.84 Å². The number of hydrogen-bond donors (Lipinski definition) is 1. The quantitative estimate of drug-likeness (QED) is 0.562. The van der Waals surface area contributed by atoms with E-state index in [4.69, 9.17) is 5.41 Å². The summed E-state index contributed by atoms with van der Waals surface area (Å²) in [6.07, 6.45) is 8.67. The van der Waals surface area contributed by atoms with Gasteiger partial charge >= 0.3 is 0 Å². The Morgan fingerprint density at radius 1 is 1.29 bits per heavy atom. The first-order chi connectivity index (χ1) is 6.81. The number of hydrogen-bond acceptors (Lipinski definition) is 2. The number of amidine groups is 1. The molecule has 1 saturated carbocycles. The average Bonchev–Trinajstić information content (AvgIpc) is 2.88. The fraction of sp³-hybridized carbons (Fsp3) is 0.909. The highest BCUT2D eigenvalue weighted by Crippen LogP contribution is 2.29. The van der Waals surface area contributed by atoms with Crippen LogP contribution in [0.4, 0.5) is 0 Å². The highest BCUT2D eigenvalue weighted by molar-refractivity contribution is 7.99. The fourth-order valence-corrected chi connectivity index (χ4v) is 3.27. The van der Waals surface area contributed by atoms with Gasteiger partial charge in [0, 0.05) is 24.3 Å². The maximum absolute atomic E-state index is 8.16. The van der Waals surface area contributed by atoms with Crippen LogP contribution in [0.5, 0.6) is 0 Å². The van der Waals surface area contributed by atoms with Gasteiger partial charge in [0.25, 0.3) is 0 Å². The fourth-order valence-electron chi connectivity index (χ4n) is 2.60. The summed E-state index contributed by atoms with van der Waals surface area (Å²) >= 11 is 1.96. The van der Waals surface area contributed by atoms with E-state index in [-0.39, 0.29) is 0 Å². The minimum absolute atomic E-state index is 0.593. The van der Waals surface area contributed by atoms with Crippen molar-refractivity contribution < 1.29 is 0 Å². The van der Waals surface area contributed by atoms with Crippen LogP contribution in [-0.4, -0.2) is 35.3 Å². The lowest BCUT2D eigenvalue weighted by Crippen LogP contribution is -2.33. The zero-order valence-corrected chi connectivity index (χ0v) is 9.78. The summed E-state index contributed by atoms with van der Waals surface area (Å²) in [4.78, 5) is 2.32. The van der Waals surface area contributed by atoms with E-state index in [2.05, 4.69) is 11.2 Å². The molecule has 0 bridgehead atoms. The van der Waals surface area contributed by atoms with Gasteiger partial charge < -0.3 is 4.90 Å². The second-order valence-electron chi connectivity index (χ2n) is 4.46. The Morgan fingerprint density at radius 2 is 2.00 bits per heavy atom. The number of likely N-dealkylation sites (tertiary alicyclic amines) is 1. The summed E-state index contributed by atoms with van der Waals surface area (Å²) in [7, 11) is 0. The standard InChI is InChI=1S/C11H20N2S/c1-14-10-6-7-13(8-10)11(12)9-4-2-3-5-9/h9-10,12H,2-8H2,1H3. The largest absolute Gasteiger partial charge is 0.359 e. The van der Waals surface area contributed by atoms with E-state index in [1.165, 1.54) is 32.1 Å². The smallest absolute Gasteiger partial charge is 0.0989 e. The molecule has 0 aromatic rings. The van der Waals surface area contributed by atoms with Gasteiger partial charge in [-0.3, -0.25) is 5.41 Å². The molecule has 80 valence electrons. The van der Waals surface area contributed by atoms with Crippen molar-refractivity contribution in [2.45, 2.75) is 37.4 Å². The monoisotopic (exact) mass is 212 g/mol. The predicted molar refractivity (Wildman–Crippen MR) is 63.2 cm³/mol. The van der Waals surface area contributed by atoms with E-state index >= 15 is 0 Å². The molecule has 1 unspecified atom stereocenters. The van der Waals surface area contributed by atoms with Crippen molar-refractivity contribution in [2.75, 3.05) is 19.3 Å². The van der Waals surface area contributed by atoms with Crippen LogP contribution < -0.4 is 0 Å². The summed E-state index contributed by atoms with van der Waals surface area (Å²) in [5, 5.41) is 8.94. The topological polar surface area (TPSA) is 27.1 Å². The first-order valence-electron chi connectivity index (χ1n) is 5.67. The molecule has 2 fully saturated rings. The predicted octanol–water partition coefficient (Wildman–Crippen LogP) is 2.59. The number of nitrogens with one attached hydrogen (secondary N) is 1. The molecule has 3 heteroatoms. The highest BCUT2D eigenvalue weighted by atomic mass is 32.2. The zero-order chi connectivity index (χ0) is 9.97. The summed E-state index contributed by atoms with van der Waals surface area (Å²) in [6.45, 7) is 2.25. The highest BCUT2D eigenvalue weighted by Gasteiger charge is 2.29. The third kappa shape index (κ3) is 2.08. The van der Waals surface area contributed by atoms with Crippen molar-refractivity contribution >= 4 is 17.6 Å². The molecule has 0 radical (unpaired) electrons. The number of thioether (sulfide) groups is 1. The van der Waals surface area contributed by atoms with E-state index < -0.39 is 0 Å². The minimum atomic E-state index is 0.593. The van der Waals surface area contributed by atoms with Gasteiger partial charge in [-0.2, -0.15) is 11.8 Å². The normalized spacial score (nSPS) is 28.6. The molecule has 0 aromatic carbocycles. The van der Waals surface area contributed by atoms with Crippen LogP contribution in [0, 0.1) is 11.3 Å². The molecule has 1 atom stereocenters. The second-order valence-corrected chi connectivity index (χ2v) is 5.60. The lowest BCUT2D eigenvalue weighted by molar-refractivity contribution is 0.471. The molecule has 1 N–H and O–H groups in total. The molecule has 1 heterocycles. The van der Waals surface area contributed by atoms with E-state index in [0.29, 0.717) is 5.92 Å². The van der Waals surface area contributed by atoms with Gasteiger partial charge in [0.2, 0.25) is 0 Å². The Morgan fingerprint density at radius 3 is 2.57 bits per heavy atom. The Labute approximate surface area is 90.9 Å². The molecule has 2 rings (SSSR count). The SMILES string of the molecule is CSC1CCN(C(=N)C2CCCC2)C1. The maximum atomic E-state index is 8.16. The Bertz CT molecular complexity index is 211. The number of nitrogens with zero attached hydrogens (tertiary/aromatic N) is 1. The molecule has 1 aliphatic heterocycles. The molecule has 14 heavy (non-hydrogen) atoms. The van der Waals surface area contributed by atoms with E-state index in [9.17, 15) is 0 Å². The van der Waals surface area contributed by atoms with Gasteiger partial charge in [-0.15, -0.1) is 0 Å². The molecule has 2 aliphatic rings. The first kappa shape index (κ1) is 10.3. The lowest BCUT2D eigenvalue weighted by Gasteiger charge is -2.23. The summed E-state index contributed by atoms with van der Waals surface area (Å²) in [5.41, 5.74) is 0. The van der Waals surface area contributed by atoms with Crippen molar-refractivity contribution in [3.8, 4) is 0 Å². The van der Waals surface area contributed by atoms with Gasteiger partial charge in [0.1, 0.15) is 0 Å². The van der Waals surface area contributed by atoms with Gasteiger partial charge in [-0.1, -0.05) is 12.8 Å². The van der Waals surface area contributed by atoms with Crippen LogP contribution in [0.15, 0.2) is 0 Å². The van der Waals surface area contributed by atoms with Crippen molar-refractivity contribution in [3.05, 3.63) is 0 Å². The summed E-state index contributed by atoms with van der Waals surface area (Å²) in [6, 6.07) is 0. The van der Waals surface area contributed by atoms with E-state index in [0.717, 1.165) is 24.2 Å². The van der Waals surface area contributed by atoms with Crippen molar-refractivity contribution in [2.24, 2.45) is 5.92 Å². The van der Waals surface area contributed by atoms with Gasteiger partial charge in [-0.25, -0.2) is 0 Å².